The van der Waals surface area contributed by atoms with E-state index in [1.165, 1.54) is 12.4 Å². The van der Waals surface area contributed by atoms with Gasteiger partial charge in [-0.1, -0.05) is 0 Å². The Morgan fingerprint density at radius 2 is 1.78 bits per heavy atom. The number of nitrogens with zero attached hydrogens (tertiary/aromatic N) is 3. The molecule has 23 heavy (non-hydrogen) atoms. The molecule has 0 radical (unpaired) electrons. The Labute approximate surface area is 134 Å². The van der Waals surface area contributed by atoms with Gasteiger partial charge in [-0.3, -0.25) is 4.79 Å². The van der Waals surface area contributed by atoms with Crippen molar-refractivity contribution < 1.29 is 14.3 Å². The number of fused-ring (bicyclic) bond motifs is 1. The maximum absolute atomic E-state index is 12.6. The second-order valence-corrected chi connectivity index (χ2v) is 5.24. The lowest BCUT2D eigenvalue weighted by Gasteiger charge is -2.29. The quantitative estimate of drug-likeness (QED) is 0.917. The molecule has 0 fully saturated rings. The molecule has 0 spiro atoms. The Kier molecular flexibility index (Phi) is 4.01. The van der Waals surface area contributed by atoms with Crippen LogP contribution in [0.3, 0.4) is 0 Å². The molecule has 7 heteroatoms. The van der Waals surface area contributed by atoms with Gasteiger partial charge in [0.05, 0.1) is 14.2 Å². The summed E-state index contributed by atoms with van der Waals surface area (Å²) in [5.74, 6) is 1.29. The first-order chi connectivity index (χ1) is 11.1. The van der Waals surface area contributed by atoms with E-state index in [1.807, 2.05) is 12.1 Å². The predicted octanol–water partition coefficient (Wildman–Crippen LogP) is 1.27. The highest BCUT2D eigenvalue weighted by Gasteiger charge is 2.25. The smallest absolute Gasteiger partial charge is 0.276 e. The van der Waals surface area contributed by atoms with Gasteiger partial charge in [-0.25, -0.2) is 9.97 Å². The number of carbonyl (C=O) groups excluding carboxylic acids is 1. The second-order valence-electron chi connectivity index (χ2n) is 5.24. The van der Waals surface area contributed by atoms with Crippen molar-refractivity contribution in [1.29, 1.82) is 0 Å². The van der Waals surface area contributed by atoms with Crippen molar-refractivity contribution in [3.63, 3.8) is 0 Å². The zero-order chi connectivity index (χ0) is 16.4. The highest BCUT2D eigenvalue weighted by molar-refractivity contribution is 5.96. The summed E-state index contributed by atoms with van der Waals surface area (Å²) in [5.41, 5.74) is 8.12. The average Bonchev–Trinajstić information content (AvgIpc) is 2.59. The number of benzene rings is 1. The number of nitrogens with two attached hydrogens (primary N) is 1. The highest BCUT2D eigenvalue weighted by Crippen LogP contribution is 2.33. The minimum Gasteiger partial charge on any atom is -0.493 e. The van der Waals surface area contributed by atoms with Gasteiger partial charge in [0.25, 0.3) is 5.91 Å². The van der Waals surface area contributed by atoms with Crippen LogP contribution in [0.1, 0.15) is 21.6 Å². The Morgan fingerprint density at radius 1 is 1.13 bits per heavy atom. The maximum Gasteiger partial charge on any atom is 0.276 e. The van der Waals surface area contributed by atoms with Crippen LogP contribution in [0.2, 0.25) is 0 Å². The summed E-state index contributed by atoms with van der Waals surface area (Å²) in [7, 11) is 3.20. The number of hydrogen-bond donors (Lipinski definition) is 1. The van der Waals surface area contributed by atoms with Gasteiger partial charge >= 0.3 is 0 Å². The molecule has 1 amide bonds. The number of hydrogen-bond acceptors (Lipinski definition) is 6. The van der Waals surface area contributed by atoms with E-state index in [4.69, 9.17) is 15.2 Å². The van der Waals surface area contributed by atoms with E-state index in [-0.39, 0.29) is 17.4 Å². The molecule has 0 atom stereocenters. The number of methoxy groups -OCH3 is 2. The van der Waals surface area contributed by atoms with Crippen molar-refractivity contribution >= 4 is 11.7 Å². The third-order valence-corrected chi connectivity index (χ3v) is 3.93. The topological polar surface area (TPSA) is 90.6 Å². The number of ether oxygens (including phenoxy) is 2. The second kappa shape index (κ2) is 6.12. The molecule has 7 nitrogen and oxygen atoms in total. The van der Waals surface area contributed by atoms with Crippen molar-refractivity contribution in [1.82, 2.24) is 14.9 Å². The Hall–Kier alpha value is -2.83. The average molecular weight is 314 g/mol. The first kappa shape index (κ1) is 15.1. The van der Waals surface area contributed by atoms with Crippen LogP contribution in [0.15, 0.2) is 24.5 Å². The Morgan fingerprint density at radius 3 is 2.43 bits per heavy atom. The van der Waals surface area contributed by atoms with Gasteiger partial charge in [0.1, 0.15) is 0 Å². The minimum absolute atomic E-state index is 0.149. The number of anilines is 1. The molecular formula is C16H18N4O3. The van der Waals surface area contributed by atoms with E-state index >= 15 is 0 Å². The minimum atomic E-state index is -0.212. The number of carbonyl (C=O) groups is 1. The van der Waals surface area contributed by atoms with Crippen LogP contribution in [0.4, 0.5) is 5.82 Å². The van der Waals surface area contributed by atoms with Crippen LogP contribution in [-0.4, -0.2) is 41.5 Å². The van der Waals surface area contributed by atoms with E-state index < -0.39 is 0 Å². The molecule has 0 saturated heterocycles. The molecule has 1 aromatic heterocycles. The molecule has 1 aliphatic heterocycles. The Balaban J connectivity index is 1.88. The van der Waals surface area contributed by atoms with Gasteiger partial charge in [0, 0.05) is 25.5 Å². The zero-order valence-electron chi connectivity index (χ0n) is 13.1. The summed E-state index contributed by atoms with van der Waals surface area (Å²) in [6.07, 6.45) is 3.67. The summed E-state index contributed by atoms with van der Waals surface area (Å²) >= 11 is 0. The van der Waals surface area contributed by atoms with Crippen LogP contribution in [0.25, 0.3) is 0 Å². The number of aromatic nitrogens is 2. The van der Waals surface area contributed by atoms with Crippen LogP contribution >= 0.6 is 0 Å². The van der Waals surface area contributed by atoms with Crippen LogP contribution < -0.4 is 15.2 Å². The van der Waals surface area contributed by atoms with E-state index in [0.717, 1.165) is 17.5 Å². The van der Waals surface area contributed by atoms with Crippen molar-refractivity contribution in [3.05, 3.63) is 41.3 Å². The van der Waals surface area contributed by atoms with Gasteiger partial charge in [0.15, 0.2) is 23.0 Å². The first-order valence-electron chi connectivity index (χ1n) is 7.23. The lowest BCUT2D eigenvalue weighted by Crippen LogP contribution is -2.37. The van der Waals surface area contributed by atoms with E-state index in [0.29, 0.717) is 24.6 Å². The summed E-state index contributed by atoms with van der Waals surface area (Å²) in [4.78, 5) is 22.3. The number of rotatable bonds is 3. The summed E-state index contributed by atoms with van der Waals surface area (Å²) < 4.78 is 10.7. The van der Waals surface area contributed by atoms with Gasteiger partial charge in [-0.15, -0.1) is 0 Å². The fourth-order valence-electron chi connectivity index (χ4n) is 2.72. The van der Waals surface area contributed by atoms with Gasteiger partial charge in [-0.05, 0) is 29.7 Å². The van der Waals surface area contributed by atoms with Gasteiger partial charge in [0.2, 0.25) is 0 Å². The maximum atomic E-state index is 12.6. The summed E-state index contributed by atoms with van der Waals surface area (Å²) in [6, 6.07) is 3.88. The highest BCUT2D eigenvalue weighted by atomic mass is 16.5. The monoisotopic (exact) mass is 314 g/mol. The SMILES string of the molecule is COc1cc2c(cc1OC)CN(C(=O)c1nccnc1N)CC2. The normalized spacial score (nSPS) is 13.4. The summed E-state index contributed by atoms with van der Waals surface area (Å²) in [5, 5.41) is 0. The lowest BCUT2D eigenvalue weighted by molar-refractivity contribution is 0.0729. The fourth-order valence-corrected chi connectivity index (χ4v) is 2.72. The van der Waals surface area contributed by atoms with Gasteiger partial charge in [-0.2, -0.15) is 0 Å². The molecule has 0 bridgehead atoms. The van der Waals surface area contributed by atoms with E-state index in [2.05, 4.69) is 9.97 Å². The molecular weight excluding hydrogens is 296 g/mol. The number of nitrogen functional groups attached to an aromatic ring is 1. The molecule has 1 aliphatic rings. The third-order valence-electron chi connectivity index (χ3n) is 3.93. The molecule has 0 aliphatic carbocycles. The predicted molar refractivity (Wildman–Crippen MR) is 84.4 cm³/mol. The molecule has 2 heterocycles. The van der Waals surface area contributed by atoms with Crippen molar-refractivity contribution in [2.45, 2.75) is 13.0 Å². The van der Waals surface area contributed by atoms with Gasteiger partial charge < -0.3 is 20.1 Å². The van der Waals surface area contributed by atoms with Crippen molar-refractivity contribution in [2.24, 2.45) is 0 Å². The lowest BCUT2D eigenvalue weighted by atomic mass is 9.98. The number of amides is 1. The first-order valence-corrected chi connectivity index (χ1v) is 7.23. The third kappa shape index (κ3) is 2.77. The van der Waals surface area contributed by atoms with Crippen molar-refractivity contribution in [2.75, 3.05) is 26.5 Å². The van der Waals surface area contributed by atoms with E-state index in [1.54, 1.807) is 19.1 Å². The molecule has 2 aromatic rings. The largest absolute Gasteiger partial charge is 0.493 e. The van der Waals surface area contributed by atoms with Crippen LogP contribution in [0.5, 0.6) is 11.5 Å². The van der Waals surface area contributed by atoms with Crippen molar-refractivity contribution in [3.8, 4) is 11.5 Å². The molecule has 120 valence electrons. The van der Waals surface area contributed by atoms with Crippen LogP contribution in [0, 0.1) is 0 Å². The standard InChI is InChI=1S/C16H18N4O3/c1-22-12-7-10-3-6-20(9-11(10)8-13(12)23-2)16(21)14-15(17)19-5-4-18-14/h4-5,7-8H,3,6,9H2,1-2H3,(H2,17,19). The fraction of sp³-hybridized carbons (Fsp3) is 0.312. The Bertz CT molecular complexity index is 748. The van der Waals surface area contributed by atoms with Crippen LogP contribution in [-0.2, 0) is 13.0 Å². The molecule has 3 rings (SSSR count). The molecule has 0 unspecified atom stereocenters. The summed E-state index contributed by atoms with van der Waals surface area (Å²) in [6.45, 7) is 1.07. The molecule has 2 N–H and O–H groups in total. The zero-order valence-corrected chi connectivity index (χ0v) is 13.1. The molecule has 1 aromatic carbocycles. The molecule has 0 saturated carbocycles. The van der Waals surface area contributed by atoms with E-state index in [9.17, 15) is 4.79 Å².